The fourth-order valence-electron chi connectivity index (χ4n) is 2.55. The summed E-state index contributed by atoms with van der Waals surface area (Å²) in [5.41, 5.74) is 1.67. The molecule has 2 heterocycles. The Balaban J connectivity index is 1.43. The minimum absolute atomic E-state index is 0.0273. The lowest BCUT2D eigenvalue weighted by molar-refractivity contribution is -0.149. The number of imidazole rings is 1. The van der Waals surface area contributed by atoms with E-state index >= 15 is 0 Å². The van der Waals surface area contributed by atoms with Gasteiger partial charge in [0.2, 0.25) is 0 Å². The maximum absolute atomic E-state index is 11.8. The summed E-state index contributed by atoms with van der Waals surface area (Å²) in [6.07, 6.45) is 3.64. The van der Waals surface area contributed by atoms with Crippen LogP contribution in [0.4, 0.5) is 0 Å². The van der Waals surface area contributed by atoms with Crippen molar-refractivity contribution in [3.63, 3.8) is 0 Å². The number of fused-ring (bicyclic) bond motifs is 1. The maximum atomic E-state index is 11.8. The summed E-state index contributed by atoms with van der Waals surface area (Å²) >= 11 is 0. The van der Waals surface area contributed by atoms with Gasteiger partial charge in [-0.05, 0) is 25.0 Å². The van der Waals surface area contributed by atoms with E-state index in [2.05, 4.69) is 10.3 Å². The average Bonchev–Trinajstić information content (AvgIpc) is 3.21. The van der Waals surface area contributed by atoms with Gasteiger partial charge in [-0.1, -0.05) is 12.1 Å². The Hall–Kier alpha value is -2.41. The minimum Gasteiger partial charge on any atom is -0.454 e. The molecule has 23 heavy (non-hydrogen) atoms. The first-order valence-electron chi connectivity index (χ1n) is 7.66. The van der Waals surface area contributed by atoms with E-state index in [1.54, 1.807) is 10.9 Å². The molecule has 1 aromatic carbocycles. The Morgan fingerprint density at radius 2 is 2.26 bits per heavy atom. The van der Waals surface area contributed by atoms with E-state index in [1.165, 1.54) is 0 Å². The van der Waals surface area contributed by atoms with Crippen molar-refractivity contribution in [2.24, 2.45) is 0 Å². The lowest BCUT2D eigenvalue weighted by Crippen LogP contribution is -2.35. The Morgan fingerprint density at radius 3 is 3.09 bits per heavy atom. The van der Waals surface area contributed by atoms with Gasteiger partial charge >= 0.3 is 5.97 Å². The molecule has 0 saturated carbocycles. The molecular weight excluding hydrogens is 298 g/mol. The van der Waals surface area contributed by atoms with Crippen molar-refractivity contribution in [3.05, 3.63) is 30.6 Å². The molecule has 122 valence electrons. The van der Waals surface area contributed by atoms with Crippen LogP contribution in [0.2, 0.25) is 0 Å². The summed E-state index contributed by atoms with van der Waals surface area (Å²) in [6.45, 7) is 0.953. The zero-order valence-electron chi connectivity index (χ0n) is 12.7. The number of carbonyl (C=O) groups is 2. The third-order valence-electron chi connectivity index (χ3n) is 3.74. The highest BCUT2D eigenvalue weighted by molar-refractivity contribution is 5.81. The number of nitrogens with zero attached hydrogens (tertiary/aromatic N) is 2. The van der Waals surface area contributed by atoms with Crippen LogP contribution in [0.3, 0.4) is 0 Å². The van der Waals surface area contributed by atoms with E-state index in [4.69, 9.17) is 9.47 Å². The van der Waals surface area contributed by atoms with Gasteiger partial charge in [0.15, 0.2) is 6.61 Å². The summed E-state index contributed by atoms with van der Waals surface area (Å²) in [5, 5.41) is 2.71. The Labute approximate surface area is 133 Å². The van der Waals surface area contributed by atoms with Gasteiger partial charge in [0, 0.05) is 13.2 Å². The number of esters is 1. The minimum atomic E-state index is -0.472. The number of aromatic nitrogens is 2. The van der Waals surface area contributed by atoms with Crippen molar-refractivity contribution in [3.8, 4) is 0 Å². The Bertz CT molecular complexity index is 691. The number of amides is 1. The molecule has 2 aromatic rings. The molecule has 1 saturated heterocycles. The van der Waals surface area contributed by atoms with E-state index in [0.29, 0.717) is 6.54 Å². The topological polar surface area (TPSA) is 82.5 Å². The van der Waals surface area contributed by atoms with Crippen molar-refractivity contribution in [1.82, 2.24) is 14.9 Å². The zero-order valence-corrected chi connectivity index (χ0v) is 12.7. The molecule has 0 spiro atoms. The molecule has 0 aliphatic carbocycles. The Kier molecular flexibility index (Phi) is 4.87. The summed E-state index contributed by atoms with van der Waals surface area (Å²) in [6, 6.07) is 7.51. The number of hydrogen-bond acceptors (Lipinski definition) is 5. The molecule has 1 atom stereocenters. The lowest BCUT2D eigenvalue weighted by atomic mass is 10.2. The fraction of sp³-hybridized carbons (Fsp3) is 0.438. The molecule has 1 amide bonds. The van der Waals surface area contributed by atoms with Gasteiger partial charge in [-0.3, -0.25) is 9.59 Å². The molecule has 7 nitrogen and oxygen atoms in total. The second-order valence-electron chi connectivity index (χ2n) is 5.46. The lowest BCUT2D eigenvalue weighted by Gasteiger charge is -2.11. The highest BCUT2D eigenvalue weighted by Crippen LogP contribution is 2.12. The van der Waals surface area contributed by atoms with Crippen LogP contribution in [0.1, 0.15) is 12.8 Å². The van der Waals surface area contributed by atoms with Gasteiger partial charge in [-0.2, -0.15) is 0 Å². The second-order valence-corrected chi connectivity index (χ2v) is 5.46. The second kappa shape index (κ2) is 7.23. The molecule has 1 aliphatic rings. The molecule has 1 aliphatic heterocycles. The fourth-order valence-corrected chi connectivity index (χ4v) is 2.55. The standard InChI is InChI=1S/C16H19N3O4/c20-15(17-8-12-4-3-7-22-12)10-23-16(21)9-19-11-18-13-5-1-2-6-14(13)19/h1-2,5-6,11-12H,3-4,7-10H2,(H,17,20)/t12-/m0/s1. The van der Waals surface area contributed by atoms with Gasteiger partial charge in [-0.25, -0.2) is 4.98 Å². The first-order chi connectivity index (χ1) is 11.2. The molecule has 0 unspecified atom stereocenters. The number of nitrogens with one attached hydrogen (secondary N) is 1. The molecule has 7 heteroatoms. The van der Waals surface area contributed by atoms with Crippen molar-refractivity contribution in [2.75, 3.05) is 19.8 Å². The number of para-hydroxylation sites is 2. The van der Waals surface area contributed by atoms with Crippen LogP contribution in [-0.4, -0.2) is 47.3 Å². The van der Waals surface area contributed by atoms with Crippen LogP contribution in [0.25, 0.3) is 11.0 Å². The van der Waals surface area contributed by atoms with Crippen LogP contribution >= 0.6 is 0 Å². The van der Waals surface area contributed by atoms with Gasteiger partial charge in [-0.15, -0.1) is 0 Å². The van der Waals surface area contributed by atoms with Crippen LogP contribution in [0.15, 0.2) is 30.6 Å². The van der Waals surface area contributed by atoms with Crippen LogP contribution in [-0.2, 0) is 25.6 Å². The molecule has 1 aromatic heterocycles. The highest BCUT2D eigenvalue weighted by atomic mass is 16.5. The van der Waals surface area contributed by atoms with E-state index in [9.17, 15) is 9.59 Å². The van der Waals surface area contributed by atoms with Gasteiger partial charge in [0.25, 0.3) is 5.91 Å². The smallest absolute Gasteiger partial charge is 0.326 e. The van der Waals surface area contributed by atoms with Gasteiger partial charge in [0.1, 0.15) is 6.54 Å². The molecule has 0 radical (unpaired) electrons. The van der Waals surface area contributed by atoms with E-state index in [0.717, 1.165) is 30.5 Å². The summed E-state index contributed by atoms with van der Waals surface area (Å²) in [4.78, 5) is 27.7. The average molecular weight is 317 g/mol. The number of ether oxygens (including phenoxy) is 2. The van der Waals surface area contributed by atoms with Crippen molar-refractivity contribution < 1.29 is 19.1 Å². The molecular formula is C16H19N3O4. The van der Waals surface area contributed by atoms with Crippen LogP contribution in [0, 0.1) is 0 Å². The number of hydrogen-bond donors (Lipinski definition) is 1. The molecule has 0 bridgehead atoms. The number of carbonyl (C=O) groups excluding carboxylic acids is 2. The van der Waals surface area contributed by atoms with Crippen molar-refractivity contribution >= 4 is 22.9 Å². The maximum Gasteiger partial charge on any atom is 0.326 e. The van der Waals surface area contributed by atoms with E-state index in [-0.39, 0.29) is 25.2 Å². The van der Waals surface area contributed by atoms with Gasteiger partial charge in [0.05, 0.1) is 23.5 Å². The third-order valence-corrected chi connectivity index (χ3v) is 3.74. The predicted molar refractivity (Wildman–Crippen MR) is 82.7 cm³/mol. The van der Waals surface area contributed by atoms with Gasteiger partial charge < -0.3 is 19.4 Å². The van der Waals surface area contributed by atoms with Crippen molar-refractivity contribution in [2.45, 2.75) is 25.5 Å². The van der Waals surface area contributed by atoms with Crippen molar-refractivity contribution in [1.29, 1.82) is 0 Å². The monoisotopic (exact) mass is 317 g/mol. The van der Waals surface area contributed by atoms with Crippen LogP contribution < -0.4 is 5.32 Å². The van der Waals surface area contributed by atoms with Crippen LogP contribution in [0.5, 0.6) is 0 Å². The summed E-state index contributed by atoms with van der Waals surface area (Å²) in [5.74, 6) is -0.787. The quantitative estimate of drug-likeness (QED) is 0.800. The highest BCUT2D eigenvalue weighted by Gasteiger charge is 2.16. The third kappa shape index (κ3) is 4.07. The van der Waals surface area contributed by atoms with E-state index < -0.39 is 5.97 Å². The summed E-state index contributed by atoms with van der Waals surface area (Å²) in [7, 11) is 0. The number of benzene rings is 1. The number of rotatable bonds is 6. The Morgan fingerprint density at radius 1 is 1.39 bits per heavy atom. The normalized spacial score (nSPS) is 17.3. The van der Waals surface area contributed by atoms with E-state index in [1.807, 2.05) is 24.3 Å². The molecule has 1 N–H and O–H groups in total. The largest absolute Gasteiger partial charge is 0.454 e. The first-order valence-corrected chi connectivity index (χ1v) is 7.66. The molecule has 1 fully saturated rings. The SMILES string of the molecule is O=C(COC(=O)Cn1cnc2ccccc21)NC[C@@H]1CCCO1. The first kappa shape index (κ1) is 15.5. The zero-order chi connectivity index (χ0) is 16.1. The predicted octanol–water partition coefficient (Wildman–Crippen LogP) is 0.875. The molecule has 3 rings (SSSR count). The summed E-state index contributed by atoms with van der Waals surface area (Å²) < 4.78 is 12.1.